The van der Waals surface area contributed by atoms with Crippen molar-refractivity contribution in [3.8, 4) is 0 Å². The Balaban J connectivity index is 2.14. The van der Waals surface area contributed by atoms with Gasteiger partial charge in [0, 0.05) is 15.8 Å². The van der Waals surface area contributed by atoms with Crippen LogP contribution < -0.4 is 5.32 Å². The van der Waals surface area contributed by atoms with E-state index in [0.717, 1.165) is 6.54 Å². The summed E-state index contributed by atoms with van der Waals surface area (Å²) in [5.74, 6) is 0. The molecule has 0 aliphatic heterocycles. The minimum atomic E-state index is 0.602. The molecule has 1 nitrogen and oxygen atoms in total. The van der Waals surface area contributed by atoms with E-state index in [9.17, 15) is 0 Å². The van der Waals surface area contributed by atoms with Crippen LogP contribution in [0.1, 0.15) is 60.9 Å². The molecule has 2 heteroatoms. The van der Waals surface area contributed by atoms with E-state index < -0.39 is 0 Å². The van der Waals surface area contributed by atoms with Crippen LogP contribution in [0.4, 0.5) is 0 Å². The summed E-state index contributed by atoms with van der Waals surface area (Å²) in [6.07, 6.45) is 7.96. The van der Waals surface area contributed by atoms with Gasteiger partial charge in [0.05, 0.1) is 0 Å². The number of rotatable bonds is 5. The van der Waals surface area contributed by atoms with E-state index in [1.54, 1.807) is 15.3 Å². The van der Waals surface area contributed by atoms with Crippen LogP contribution in [0.3, 0.4) is 0 Å². The maximum Gasteiger partial charge on any atom is 0.0414 e. The standard InChI is InChI=1S/C14H23NS/c1-3-7-12(15-4-2)14-10-11-8-5-6-9-13(11)16-14/h10,12,15H,3-9H2,1-2H3. The Morgan fingerprint density at radius 1 is 1.31 bits per heavy atom. The quantitative estimate of drug-likeness (QED) is 0.813. The van der Waals surface area contributed by atoms with Crippen molar-refractivity contribution >= 4 is 11.3 Å². The van der Waals surface area contributed by atoms with Gasteiger partial charge in [-0.25, -0.2) is 0 Å². The third kappa shape index (κ3) is 2.67. The lowest BCUT2D eigenvalue weighted by molar-refractivity contribution is 0.516. The summed E-state index contributed by atoms with van der Waals surface area (Å²) in [5.41, 5.74) is 1.64. The van der Waals surface area contributed by atoms with Gasteiger partial charge in [-0.3, -0.25) is 0 Å². The second-order valence-corrected chi connectivity index (χ2v) is 5.87. The summed E-state index contributed by atoms with van der Waals surface area (Å²) < 4.78 is 0. The largest absolute Gasteiger partial charge is 0.310 e. The molecule has 0 aromatic carbocycles. The summed E-state index contributed by atoms with van der Waals surface area (Å²) >= 11 is 2.06. The SMILES string of the molecule is CCCC(NCC)c1cc2c(s1)CCCC2. The van der Waals surface area contributed by atoms with E-state index in [1.807, 2.05) is 0 Å². The lowest BCUT2D eigenvalue weighted by atomic mass is 9.98. The van der Waals surface area contributed by atoms with Crippen molar-refractivity contribution in [2.45, 2.75) is 58.4 Å². The lowest BCUT2D eigenvalue weighted by Gasteiger charge is -2.14. The smallest absolute Gasteiger partial charge is 0.0414 e. The second-order valence-electron chi connectivity index (χ2n) is 4.70. The number of nitrogens with one attached hydrogen (secondary N) is 1. The molecule has 0 saturated carbocycles. The average Bonchev–Trinajstić information content (AvgIpc) is 2.72. The van der Waals surface area contributed by atoms with Crippen molar-refractivity contribution < 1.29 is 0 Å². The lowest BCUT2D eigenvalue weighted by Crippen LogP contribution is -2.19. The number of thiophene rings is 1. The van der Waals surface area contributed by atoms with E-state index in [-0.39, 0.29) is 0 Å². The Hall–Kier alpha value is -0.340. The number of fused-ring (bicyclic) bond motifs is 1. The molecule has 0 amide bonds. The van der Waals surface area contributed by atoms with Crippen molar-refractivity contribution in [2.24, 2.45) is 0 Å². The van der Waals surface area contributed by atoms with Crippen molar-refractivity contribution in [1.82, 2.24) is 5.32 Å². The molecule has 1 aliphatic rings. The second kappa shape index (κ2) is 5.83. The molecule has 0 radical (unpaired) electrons. The van der Waals surface area contributed by atoms with Gasteiger partial charge in [-0.05, 0) is 50.3 Å². The van der Waals surface area contributed by atoms with Crippen LogP contribution in [0.15, 0.2) is 6.07 Å². The van der Waals surface area contributed by atoms with Crippen molar-refractivity contribution in [3.63, 3.8) is 0 Å². The Morgan fingerprint density at radius 2 is 2.12 bits per heavy atom. The Kier molecular flexibility index (Phi) is 4.42. The van der Waals surface area contributed by atoms with E-state index in [1.165, 1.54) is 38.5 Å². The molecule has 0 fully saturated rings. The fourth-order valence-corrected chi connectivity index (χ4v) is 3.93. The van der Waals surface area contributed by atoms with Crippen LogP contribution >= 0.6 is 11.3 Å². The number of hydrogen-bond donors (Lipinski definition) is 1. The first-order valence-electron chi connectivity index (χ1n) is 6.70. The van der Waals surface area contributed by atoms with Crippen LogP contribution in [-0.2, 0) is 12.8 Å². The molecule has 90 valence electrons. The van der Waals surface area contributed by atoms with Crippen LogP contribution in [0.5, 0.6) is 0 Å². The normalized spacial score (nSPS) is 17.1. The first-order chi connectivity index (χ1) is 7.85. The molecule has 1 aromatic heterocycles. The van der Waals surface area contributed by atoms with Crippen molar-refractivity contribution in [1.29, 1.82) is 0 Å². The van der Waals surface area contributed by atoms with Gasteiger partial charge < -0.3 is 5.32 Å². The highest BCUT2D eigenvalue weighted by atomic mass is 32.1. The van der Waals surface area contributed by atoms with Gasteiger partial charge >= 0.3 is 0 Å². The van der Waals surface area contributed by atoms with Crippen molar-refractivity contribution in [2.75, 3.05) is 6.54 Å². The fourth-order valence-electron chi connectivity index (χ4n) is 2.57. The molecule has 2 rings (SSSR count). The zero-order valence-electron chi connectivity index (χ0n) is 10.5. The van der Waals surface area contributed by atoms with E-state index in [0.29, 0.717) is 6.04 Å². The summed E-state index contributed by atoms with van der Waals surface area (Å²) in [5, 5.41) is 3.62. The van der Waals surface area contributed by atoms with Gasteiger partial charge in [-0.15, -0.1) is 11.3 Å². The minimum absolute atomic E-state index is 0.602. The average molecular weight is 237 g/mol. The third-order valence-corrected chi connectivity index (χ3v) is 4.74. The molecule has 0 saturated heterocycles. The monoisotopic (exact) mass is 237 g/mol. The van der Waals surface area contributed by atoms with Crippen molar-refractivity contribution in [3.05, 3.63) is 21.4 Å². The summed E-state index contributed by atoms with van der Waals surface area (Å²) in [7, 11) is 0. The highest BCUT2D eigenvalue weighted by Crippen LogP contribution is 2.34. The van der Waals surface area contributed by atoms with Gasteiger partial charge in [0.15, 0.2) is 0 Å². The van der Waals surface area contributed by atoms with Gasteiger partial charge in [0.25, 0.3) is 0 Å². The van der Waals surface area contributed by atoms with Crippen LogP contribution in [-0.4, -0.2) is 6.54 Å². The molecule has 0 bridgehead atoms. The molecule has 1 aliphatic carbocycles. The Labute approximate surface area is 103 Å². The first-order valence-corrected chi connectivity index (χ1v) is 7.51. The number of hydrogen-bond acceptors (Lipinski definition) is 2. The Bertz CT molecular complexity index is 300. The predicted molar refractivity (Wildman–Crippen MR) is 72.3 cm³/mol. The zero-order chi connectivity index (χ0) is 11.4. The van der Waals surface area contributed by atoms with E-state index in [2.05, 4.69) is 36.6 Å². The topological polar surface area (TPSA) is 12.0 Å². The molecule has 1 heterocycles. The molecule has 1 aromatic rings. The molecule has 16 heavy (non-hydrogen) atoms. The van der Waals surface area contributed by atoms with Crippen LogP contribution in [0, 0.1) is 0 Å². The van der Waals surface area contributed by atoms with E-state index >= 15 is 0 Å². The van der Waals surface area contributed by atoms with Gasteiger partial charge in [-0.2, -0.15) is 0 Å². The summed E-state index contributed by atoms with van der Waals surface area (Å²) in [6.45, 7) is 5.56. The summed E-state index contributed by atoms with van der Waals surface area (Å²) in [6, 6.07) is 3.08. The molecule has 0 spiro atoms. The Morgan fingerprint density at radius 3 is 2.81 bits per heavy atom. The number of aryl methyl sites for hydroxylation is 2. The van der Waals surface area contributed by atoms with Gasteiger partial charge in [0.1, 0.15) is 0 Å². The van der Waals surface area contributed by atoms with E-state index in [4.69, 9.17) is 0 Å². The molecular weight excluding hydrogens is 214 g/mol. The van der Waals surface area contributed by atoms with Gasteiger partial charge in [-0.1, -0.05) is 20.3 Å². The zero-order valence-corrected chi connectivity index (χ0v) is 11.3. The maximum atomic E-state index is 3.62. The van der Waals surface area contributed by atoms with Crippen LogP contribution in [0.2, 0.25) is 0 Å². The summed E-state index contributed by atoms with van der Waals surface area (Å²) in [4.78, 5) is 3.25. The van der Waals surface area contributed by atoms with Gasteiger partial charge in [0.2, 0.25) is 0 Å². The molecular formula is C14H23NS. The minimum Gasteiger partial charge on any atom is -0.310 e. The molecule has 1 unspecified atom stereocenters. The van der Waals surface area contributed by atoms with Crippen LogP contribution in [0.25, 0.3) is 0 Å². The fraction of sp³-hybridized carbons (Fsp3) is 0.714. The third-order valence-electron chi connectivity index (χ3n) is 3.39. The molecule has 1 N–H and O–H groups in total. The predicted octanol–water partition coefficient (Wildman–Crippen LogP) is 4.08. The highest BCUT2D eigenvalue weighted by Gasteiger charge is 2.17. The first kappa shape index (κ1) is 12.1. The maximum absolute atomic E-state index is 3.62. The highest BCUT2D eigenvalue weighted by molar-refractivity contribution is 7.12. The molecule has 1 atom stereocenters.